The van der Waals surface area contributed by atoms with Crippen LogP contribution < -0.4 is 26.4 Å². The van der Waals surface area contributed by atoms with E-state index in [2.05, 4.69) is 69.3 Å². The van der Waals surface area contributed by atoms with Crippen molar-refractivity contribution in [2.75, 3.05) is 0 Å². The standard InChI is InChI=1S/C32H12BF24.C13H13BrN/c34-25(35,36)13-1-14(26(37,38)39)6-21(5-13)33(22-7-15(27(40,41)42)2-16(8-22)28(43,44)45,23-9-17(29(46,47)48)3-18(10-23)30(49,50)51)24-11-19(31(52,53)54)4-20(12-24)32(55,56)57;14-10-12-6-8-15(9-7-12)11-13-4-2-1-3-5-13/h1-12H;1-9H,10-11H2/q-1;+1. The summed E-state index contributed by atoms with van der Waals surface area (Å²) in [4.78, 5) is 0. The summed E-state index contributed by atoms with van der Waals surface area (Å²) < 4.78 is 343. The van der Waals surface area contributed by atoms with Crippen LogP contribution in [0.3, 0.4) is 0 Å². The lowest BCUT2D eigenvalue weighted by molar-refractivity contribution is -0.688. The second-order valence-corrected chi connectivity index (χ2v) is 16.3. The highest BCUT2D eigenvalue weighted by Crippen LogP contribution is 2.41. The molecule has 72 heavy (non-hydrogen) atoms. The number of aromatic nitrogens is 1. The van der Waals surface area contributed by atoms with E-state index in [0.29, 0.717) is 0 Å². The molecule has 0 fully saturated rings. The van der Waals surface area contributed by atoms with E-state index < -0.39 is 195 Å². The van der Waals surface area contributed by atoms with Gasteiger partial charge in [0.25, 0.3) is 0 Å². The molecule has 0 spiro atoms. The Morgan fingerprint density at radius 3 is 0.722 bits per heavy atom. The molecule has 0 aliphatic heterocycles. The normalized spacial score (nSPS) is 13.5. The van der Waals surface area contributed by atoms with E-state index in [0.717, 1.165) is 11.9 Å². The maximum absolute atomic E-state index is 14.2. The van der Waals surface area contributed by atoms with Gasteiger partial charge >= 0.3 is 49.4 Å². The Bertz CT molecular complexity index is 2410. The lowest BCUT2D eigenvalue weighted by Gasteiger charge is -2.46. The Kier molecular flexibility index (Phi) is 15.7. The van der Waals surface area contributed by atoms with Gasteiger partial charge in [0.15, 0.2) is 18.9 Å². The Labute approximate surface area is 397 Å². The Morgan fingerprint density at radius 2 is 0.528 bits per heavy atom. The average Bonchev–Trinajstić information content (AvgIpc) is 3.25. The third kappa shape index (κ3) is 13.4. The Hall–Kier alpha value is -5.89. The topological polar surface area (TPSA) is 3.88 Å². The van der Waals surface area contributed by atoms with Crippen molar-refractivity contribution >= 4 is 43.9 Å². The number of pyridine rings is 1. The summed E-state index contributed by atoms with van der Waals surface area (Å²) in [5.74, 6) is 0. The maximum atomic E-state index is 14.2. The third-order valence-corrected chi connectivity index (χ3v) is 11.4. The first-order valence-electron chi connectivity index (χ1n) is 19.6. The molecule has 0 aliphatic rings. The maximum Gasteiger partial charge on any atom is 0.416 e. The average molecular weight is 1130 g/mol. The predicted molar refractivity (Wildman–Crippen MR) is 215 cm³/mol. The van der Waals surface area contributed by atoms with Crippen molar-refractivity contribution in [3.8, 4) is 0 Å². The molecule has 1 nitrogen and oxygen atoms in total. The first kappa shape index (κ1) is 57.0. The quantitative estimate of drug-likeness (QED) is 0.0649. The van der Waals surface area contributed by atoms with Crippen LogP contribution in [0.15, 0.2) is 128 Å². The SMILES string of the molecule is BrCc1cc[n+](Cc2ccccc2)cc1.FC(F)(F)c1cc([B-](c2cc(C(F)(F)F)cc(C(F)(F)F)c2)(c2cc(C(F)(F)F)cc(C(F)(F)F)c2)c2cc(C(F)(F)F)cc(C(F)(F)F)c2)cc(C(F)(F)F)c1. The first-order chi connectivity index (χ1) is 32.6. The molecule has 1 heterocycles. The van der Waals surface area contributed by atoms with Gasteiger partial charge in [0.05, 0.1) is 44.5 Å². The lowest BCUT2D eigenvalue weighted by Crippen LogP contribution is -2.75. The van der Waals surface area contributed by atoms with Gasteiger partial charge in [-0.25, -0.2) is 4.57 Å². The van der Waals surface area contributed by atoms with E-state index in [-0.39, 0.29) is 0 Å². The van der Waals surface area contributed by atoms with Gasteiger partial charge in [0, 0.05) is 23.0 Å². The highest BCUT2D eigenvalue weighted by Gasteiger charge is 2.47. The van der Waals surface area contributed by atoms with Crippen molar-refractivity contribution in [3.05, 3.63) is 183 Å². The minimum atomic E-state index is -6.13. The molecule has 6 aromatic rings. The van der Waals surface area contributed by atoms with Crippen molar-refractivity contribution in [1.82, 2.24) is 0 Å². The van der Waals surface area contributed by atoms with Crippen LogP contribution in [0, 0.1) is 0 Å². The zero-order valence-electron chi connectivity index (χ0n) is 35.0. The van der Waals surface area contributed by atoms with E-state index in [1.807, 2.05) is 6.07 Å². The zero-order chi connectivity index (χ0) is 54.4. The first-order valence-corrected chi connectivity index (χ1v) is 20.7. The number of rotatable bonds is 7. The number of hydrogen-bond acceptors (Lipinski definition) is 0. The minimum Gasteiger partial charge on any atom is -0.201 e. The summed E-state index contributed by atoms with van der Waals surface area (Å²) in [6, 6.07) is 5.94. The minimum absolute atomic E-state index is 0.691. The van der Waals surface area contributed by atoms with E-state index >= 15 is 0 Å². The van der Waals surface area contributed by atoms with E-state index in [4.69, 9.17) is 0 Å². The molecular formula is C45H25BBrF24N. The fourth-order valence-electron chi connectivity index (χ4n) is 7.55. The van der Waals surface area contributed by atoms with Crippen molar-refractivity contribution in [2.24, 2.45) is 0 Å². The molecule has 0 bridgehead atoms. The molecule has 0 saturated heterocycles. The van der Waals surface area contributed by atoms with Crippen LogP contribution >= 0.6 is 15.9 Å². The van der Waals surface area contributed by atoms with Crippen molar-refractivity contribution in [1.29, 1.82) is 0 Å². The molecule has 5 aromatic carbocycles. The molecule has 0 amide bonds. The fourth-order valence-corrected chi connectivity index (χ4v) is 7.92. The van der Waals surface area contributed by atoms with Crippen LogP contribution in [0.5, 0.6) is 0 Å². The molecular weight excluding hydrogens is 1100 g/mol. The summed E-state index contributed by atoms with van der Waals surface area (Å²) in [5.41, 5.74) is -27.6. The van der Waals surface area contributed by atoms with Gasteiger partial charge < -0.3 is 0 Å². The van der Waals surface area contributed by atoms with E-state index in [9.17, 15) is 105 Å². The number of benzene rings is 5. The van der Waals surface area contributed by atoms with Crippen LogP contribution in [0.2, 0.25) is 0 Å². The van der Waals surface area contributed by atoms with E-state index in [1.165, 1.54) is 11.1 Å². The molecule has 27 heteroatoms. The highest BCUT2D eigenvalue weighted by atomic mass is 79.9. The monoisotopic (exact) mass is 1130 g/mol. The lowest BCUT2D eigenvalue weighted by atomic mass is 9.12. The second-order valence-electron chi connectivity index (χ2n) is 15.7. The van der Waals surface area contributed by atoms with Crippen molar-refractivity contribution < 1.29 is 110 Å². The predicted octanol–water partition coefficient (Wildman–Crippen LogP) is 14.1. The number of nitrogens with zero attached hydrogens (tertiary/aromatic N) is 1. The zero-order valence-corrected chi connectivity index (χ0v) is 36.6. The number of alkyl halides is 25. The van der Waals surface area contributed by atoms with E-state index in [1.54, 1.807) is 0 Å². The molecule has 0 N–H and O–H groups in total. The summed E-state index contributed by atoms with van der Waals surface area (Å²) in [6.45, 7) is 0.934. The molecule has 388 valence electrons. The molecule has 0 radical (unpaired) electrons. The number of hydrogen-bond donors (Lipinski definition) is 0. The molecule has 0 unspecified atom stereocenters. The van der Waals surface area contributed by atoms with Crippen LogP contribution in [0.1, 0.15) is 55.6 Å². The van der Waals surface area contributed by atoms with Crippen LogP contribution in [-0.2, 0) is 61.3 Å². The van der Waals surface area contributed by atoms with Crippen LogP contribution in [0.25, 0.3) is 0 Å². The van der Waals surface area contributed by atoms with Crippen LogP contribution in [-0.4, -0.2) is 6.15 Å². The summed E-state index contributed by atoms with van der Waals surface area (Å²) in [6.07, 6.45) is -50.6. The third-order valence-electron chi connectivity index (χ3n) is 10.8. The van der Waals surface area contributed by atoms with Gasteiger partial charge in [-0.15, -0.1) is 0 Å². The number of halogens is 25. The largest absolute Gasteiger partial charge is 0.416 e. The van der Waals surface area contributed by atoms with Gasteiger partial charge in [0.2, 0.25) is 0 Å². The van der Waals surface area contributed by atoms with Gasteiger partial charge in [0.1, 0.15) is 6.15 Å². The van der Waals surface area contributed by atoms with Crippen molar-refractivity contribution in [3.63, 3.8) is 0 Å². The summed E-state index contributed by atoms with van der Waals surface area (Å²) in [7, 11) is 0. The Balaban J connectivity index is 0.000000542. The molecule has 6 rings (SSSR count). The highest BCUT2D eigenvalue weighted by molar-refractivity contribution is 9.08. The van der Waals surface area contributed by atoms with Gasteiger partial charge in [-0.05, 0) is 29.8 Å². The van der Waals surface area contributed by atoms with Gasteiger partial charge in [-0.3, -0.25) is 0 Å². The molecule has 0 saturated carbocycles. The van der Waals surface area contributed by atoms with Gasteiger partial charge in [-0.2, -0.15) is 127 Å². The molecule has 1 aromatic heterocycles. The second kappa shape index (κ2) is 19.9. The molecule has 0 atom stereocenters. The Morgan fingerprint density at radius 1 is 0.306 bits per heavy atom. The summed E-state index contributed by atoms with van der Waals surface area (Å²) >= 11 is 3.44. The smallest absolute Gasteiger partial charge is 0.201 e. The van der Waals surface area contributed by atoms with Crippen LogP contribution in [0.4, 0.5) is 105 Å². The fraction of sp³-hybridized carbons (Fsp3) is 0.222. The molecule has 0 aliphatic carbocycles. The van der Waals surface area contributed by atoms with Crippen molar-refractivity contribution in [2.45, 2.75) is 61.3 Å². The van der Waals surface area contributed by atoms with Gasteiger partial charge in [-0.1, -0.05) is 94.8 Å². The summed E-state index contributed by atoms with van der Waals surface area (Å²) in [5, 5.41) is 0.916.